The van der Waals surface area contributed by atoms with E-state index in [1.54, 1.807) is 6.07 Å². The standard InChI is InChI=1S/C13H12FNO4S2/c1-8-12(6-11(20-8)13(16)17)21(18,19)15-7-9-3-2-4-10(14)5-9/h2-6,15H,7H2,1H3,(H,16,17). The number of hydrogen-bond donors (Lipinski definition) is 2. The van der Waals surface area contributed by atoms with E-state index in [0.717, 1.165) is 17.4 Å². The first-order valence-electron chi connectivity index (χ1n) is 5.87. The van der Waals surface area contributed by atoms with Crippen LogP contribution in [0.4, 0.5) is 4.39 Å². The highest BCUT2D eigenvalue weighted by molar-refractivity contribution is 7.89. The van der Waals surface area contributed by atoms with Crippen molar-refractivity contribution in [2.75, 3.05) is 0 Å². The van der Waals surface area contributed by atoms with Crippen molar-refractivity contribution in [3.63, 3.8) is 0 Å². The van der Waals surface area contributed by atoms with Crippen LogP contribution in [0.3, 0.4) is 0 Å². The summed E-state index contributed by atoms with van der Waals surface area (Å²) in [5.41, 5.74) is 0.477. The first-order chi connectivity index (χ1) is 9.79. The maximum atomic E-state index is 13.0. The fraction of sp³-hybridized carbons (Fsp3) is 0.154. The molecule has 2 N–H and O–H groups in total. The third-order valence-electron chi connectivity index (χ3n) is 2.73. The van der Waals surface area contributed by atoms with Crippen LogP contribution >= 0.6 is 11.3 Å². The van der Waals surface area contributed by atoms with E-state index in [0.29, 0.717) is 10.4 Å². The lowest BCUT2D eigenvalue weighted by atomic mass is 10.2. The summed E-state index contributed by atoms with van der Waals surface area (Å²) in [5.74, 6) is -1.62. The molecule has 0 bridgehead atoms. The zero-order valence-electron chi connectivity index (χ0n) is 11.0. The van der Waals surface area contributed by atoms with Crippen LogP contribution in [0.25, 0.3) is 0 Å². The number of nitrogens with one attached hydrogen (secondary N) is 1. The molecule has 0 aliphatic heterocycles. The summed E-state index contributed by atoms with van der Waals surface area (Å²) in [6.07, 6.45) is 0. The number of aromatic carboxylic acids is 1. The topological polar surface area (TPSA) is 83.5 Å². The molecule has 0 saturated carbocycles. The van der Waals surface area contributed by atoms with Gasteiger partial charge in [0.1, 0.15) is 10.7 Å². The molecular formula is C13H12FNO4S2. The molecule has 2 rings (SSSR count). The van der Waals surface area contributed by atoms with Gasteiger partial charge in [-0.05, 0) is 30.7 Å². The number of carboxylic acids is 1. The number of halogens is 1. The Balaban J connectivity index is 2.21. The molecule has 2 aromatic rings. The van der Waals surface area contributed by atoms with E-state index in [-0.39, 0.29) is 16.3 Å². The first-order valence-corrected chi connectivity index (χ1v) is 8.17. The van der Waals surface area contributed by atoms with Crippen LogP contribution in [0.2, 0.25) is 0 Å². The van der Waals surface area contributed by atoms with Gasteiger partial charge in [0.2, 0.25) is 10.0 Å². The minimum Gasteiger partial charge on any atom is -0.477 e. The highest BCUT2D eigenvalue weighted by atomic mass is 32.2. The number of sulfonamides is 1. The van der Waals surface area contributed by atoms with Gasteiger partial charge in [0.15, 0.2) is 0 Å². The number of benzene rings is 1. The molecule has 1 heterocycles. The number of carbonyl (C=O) groups is 1. The zero-order chi connectivity index (χ0) is 15.6. The largest absolute Gasteiger partial charge is 0.477 e. The van der Waals surface area contributed by atoms with Gasteiger partial charge in [-0.15, -0.1) is 11.3 Å². The normalized spacial score (nSPS) is 11.5. The molecule has 1 aromatic heterocycles. The summed E-state index contributed by atoms with van der Waals surface area (Å²) in [7, 11) is -3.84. The summed E-state index contributed by atoms with van der Waals surface area (Å²) in [6.45, 7) is 1.46. The monoisotopic (exact) mass is 329 g/mol. The van der Waals surface area contributed by atoms with E-state index >= 15 is 0 Å². The quantitative estimate of drug-likeness (QED) is 0.882. The third-order valence-corrected chi connectivity index (χ3v) is 5.42. The van der Waals surface area contributed by atoms with Gasteiger partial charge in [-0.1, -0.05) is 12.1 Å². The van der Waals surface area contributed by atoms with Crippen molar-refractivity contribution >= 4 is 27.3 Å². The summed E-state index contributed by atoms with van der Waals surface area (Å²) >= 11 is 0.895. The fourth-order valence-electron chi connectivity index (χ4n) is 1.74. The van der Waals surface area contributed by atoms with Gasteiger partial charge < -0.3 is 5.11 Å². The Morgan fingerprint density at radius 2 is 2.10 bits per heavy atom. The Morgan fingerprint density at radius 3 is 2.67 bits per heavy atom. The lowest BCUT2D eigenvalue weighted by Crippen LogP contribution is -2.23. The van der Waals surface area contributed by atoms with Crippen molar-refractivity contribution in [2.24, 2.45) is 0 Å². The first kappa shape index (κ1) is 15.6. The molecule has 21 heavy (non-hydrogen) atoms. The maximum absolute atomic E-state index is 13.0. The Morgan fingerprint density at radius 1 is 1.38 bits per heavy atom. The third kappa shape index (κ3) is 3.66. The molecule has 1 aromatic carbocycles. The Kier molecular flexibility index (Phi) is 4.40. The van der Waals surface area contributed by atoms with Crippen LogP contribution in [-0.4, -0.2) is 19.5 Å². The van der Waals surface area contributed by atoms with Gasteiger partial charge in [-0.25, -0.2) is 22.3 Å². The SMILES string of the molecule is Cc1sc(C(=O)O)cc1S(=O)(=O)NCc1cccc(F)c1. The van der Waals surface area contributed by atoms with Crippen LogP contribution in [0, 0.1) is 12.7 Å². The van der Waals surface area contributed by atoms with Crippen molar-refractivity contribution in [1.29, 1.82) is 0 Å². The Bertz CT molecular complexity index is 783. The van der Waals surface area contributed by atoms with Crippen molar-refractivity contribution < 1.29 is 22.7 Å². The second-order valence-corrected chi connectivity index (χ2v) is 7.28. The number of aryl methyl sites for hydroxylation is 1. The van der Waals surface area contributed by atoms with Crippen molar-refractivity contribution in [3.8, 4) is 0 Å². The summed E-state index contributed by atoms with van der Waals surface area (Å²) < 4.78 is 39.7. The van der Waals surface area contributed by atoms with Gasteiger partial charge in [-0.3, -0.25) is 0 Å². The van der Waals surface area contributed by atoms with E-state index in [1.165, 1.54) is 25.1 Å². The minimum absolute atomic E-state index is 0.0429. The summed E-state index contributed by atoms with van der Waals surface area (Å²) in [4.78, 5) is 11.1. The second kappa shape index (κ2) is 5.92. The smallest absolute Gasteiger partial charge is 0.345 e. The van der Waals surface area contributed by atoms with E-state index in [1.807, 2.05) is 0 Å². The predicted molar refractivity (Wildman–Crippen MR) is 76.4 cm³/mol. The molecule has 5 nitrogen and oxygen atoms in total. The molecule has 112 valence electrons. The minimum atomic E-state index is -3.84. The van der Waals surface area contributed by atoms with Crippen LogP contribution in [0.1, 0.15) is 20.1 Å². The fourth-order valence-corrected chi connectivity index (χ4v) is 4.19. The van der Waals surface area contributed by atoms with Gasteiger partial charge in [0.25, 0.3) is 0 Å². The number of hydrogen-bond acceptors (Lipinski definition) is 4. The van der Waals surface area contributed by atoms with E-state index < -0.39 is 21.8 Å². The summed E-state index contributed by atoms with van der Waals surface area (Å²) in [5, 5.41) is 8.88. The number of carboxylic acid groups (broad SMARTS) is 1. The van der Waals surface area contributed by atoms with E-state index in [4.69, 9.17) is 5.11 Å². The van der Waals surface area contributed by atoms with Gasteiger partial charge >= 0.3 is 5.97 Å². The maximum Gasteiger partial charge on any atom is 0.345 e. The molecule has 0 atom stereocenters. The molecule has 0 saturated heterocycles. The molecule has 0 spiro atoms. The molecular weight excluding hydrogens is 317 g/mol. The van der Waals surface area contributed by atoms with E-state index in [9.17, 15) is 17.6 Å². The molecule has 0 fully saturated rings. The average molecular weight is 329 g/mol. The number of thiophene rings is 1. The highest BCUT2D eigenvalue weighted by Gasteiger charge is 2.21. The average Bonchev–Trinajstić information content (AvgIpc) is 2.80. The van der Waals surface area contributed by atoms with Gasteiger partial charge in [-0.2, -0.15) is 0 Å². The van der Waals surface area contributed by atoms with Gasteiger partial charge in [0.05, 0.1) is 4.90 Å². The molecule has 0 aliphatic carbocycles. The van der Waals surface area contributed by atoms with Crippen LogP contribution in [0.5, 0.6) is 0 Å². The van der Waals surface area contributed by atoms with Crippen LogP contribution < -0.4 is 4.72 Å². The molecule has 0 unspecified atom stereocenters. The van der Waals surface area contributed by atoms with Crippen molar-refractivity contribution in [2.45, 2.75) is 18.4 Å². The summed E-state index contributed by atoms with van der Waals surface area (Å²) in [6, 6.07) is 6.69. The van der Waals surface area contributed by atoms with Crippen LogP contribution in [0.15, 0.2) is 35.2 Å². The lowest BCUT2D eigenvalue weighted by Gasteiger charge is -2.06. The predicted octanol–water partition coefficient (Wildman–Crippen LogP) is 2.37. The Labute approximate surface area is 125 Å². The van der Waals surface area contributed by atoms with E-state index in [2.05, 4.69) is 4.72 Å². The Hall–Kier alpha value is -1.77. The number of rotatable bonds is 5. The molecule has 8 heteroatoms. The van der Waals surface area contributed by atoms with Crippen molar-refractivity contribution in [3.05, 3.63) is 51.5 Å². The van der Waals surface area contributed by atoms with Crippen LogP contribution in [-0.2, 0) is 16.6 Å². The molecule has 0 radical (unpaired) electrons. The second-order valence-electron chi connectivity index (χ2n) is 4.29. The lowest BCUT2D eigenvalue weighted by molar-refractivity contribution is 0.0702. The molecule has 0 amide bonds. The zero-order valence-corrected chi connectivity index (χ0v) is 12.6. The highest BCUT2D eigenvalue weighted by Crippen LogP contribution is 2.25. The van der Waals surface area contributed by atoms with Gasteiger partial charge in [0, 0.05) is 11.4 Å². The van der Waals surface area contributed by atoms with Crippen molar-refractivity contribution in [1.82, 2.24) is 4.72 Å². The molecule has 0 aliphatic rings.